The summed E-state index contributed by atoms with van der Waals surface area (Å²) in [6, 6.07) is 8.45. The van der Waals surface area contributed by atoms with Crippen LogP contribution >= 0.6 is 0 Å². The number of hydrogen-bond acceptors (Lipinski definition) is 0. The molecule has 2 rings (SSSR count). The van der Waals surface area contributed by atoms with E-state index in [4.69, 9.17) is 0 Å². The molecule has 0 unspecified atom stereocenters. The van der Waals surface area contributed by atoms with Gasteiger partial charge in [-0.2, -0.15) is 0 Å². The smallest absolute Gasteiger partial charge is 0.159 e. The van der Waals surface area contributed by atoms with Crippen molar-refractivity contribution in [2.45, 2.75) is 0 Å². The Morgan fingerprint density at radius 1 is 1.21 bits per heavy atom. The van der Waals surface area contributed by atoms with Gasteiger partial charge in [0.15, 0.2) is 11.6 Å². The van der Waals surface area contributed by atoms with E-state index in [-0.39, 0.29) is 0 Å². The molecule has 0 aliphatic carbocycles. The van der Waals surface area contributed by atoms with Gasteiger partial charge in [0, 0.05) is 30.6 Å². The molecule has 0 bridgehead atoms. The zero-order valence-corrected chi connectivity index (χ0v) is 7.59. The second-order valence-corrected chi connectivity index (χ2v) is 3.07. The summed E-state index contributed by atoms with van der Waals surface area (Å²) in [7, 11) is 1.83. The molecule has 0 saturated carbocycles. The Kier molecular flexibility index (Phi) is 2.08. The largest absolute Gasteiger partial charge is 0.350 e. The van der Waals surface area contributed by atoms with E-state index < -0.39 is 11.6 Å². The highest BCUT2D eigenvalue weighted by molar-refractivity contribution is 5.59. The monoisotopic (exact) mass is 192 g/mol. The number of nitrogens with zero attached hydrogens (tertiary/aromatic N) is 1. The lowest BCUT2D eigenvalue weighted by Crippen LogP contribution is -1.91. The van der Waals surface area contributed by atoms with E-state index in [1.165, 1.54) is 6.07 Å². The van der Waals surface area contributed by atoms with Gasteiger partial charge in [-0.05, 0) is 24.3 Å². The number of rotatable bonds is 1. The van der Waals surface area contributed by atoms with Crippen molar-refractivity contribution >= 4 is 0 Å². The van der Waals surface area contributed by atoms with Crippen molar-refractivity contribution < 1.29 is 8.78 Å². The van der Waals surface area contributed by atoms with Crippen LogP contribution in [-0.4, -0.2) is 4.57 Å². The first-order valence-electron chi connectivity index (χ1n) is 4.16. The maximum absolute atomic E-state index is 12.9. The van der Waals surface area contributed by atoms with Gasteiger partial charge in [0.05, 0.1) is 0 Å². The van der Waals surface area contributed by atoms with Crippen LogP contribution in [0.2, 0.25) is 0 Å². The van der Waals surface area contributed by atoms with Gasteiger partial charge in [-0.3, -0.25) is 0 Å². The molecule has 1 radical (unpaired) electrons. The van der Waals surface area contributed by atoms with Crippen LogP contribution < -0.4 is 0 Å². The van der Waals surface area contributed by atoms with Crippen molar-refractivity contribution in [3.8, 4) is 11.3 Å². The topological polar surface area (TPSA) is 4.93 Å². The molecule has 71 valence electrons. The van der Waals surface area contributed by atoms with Gasteiger partial charge in [-0.25, -0.2) is 8.78 Å². The Morgan fingerprint density at radius 2 is 2.00 bits per heavy atom. The predicted octanol–water partition coefficient (Wildman–Crippen LogP) is 2.77. The van der Waals surface area contributed by atoms with Crippen LogP contribution in [0, 0.1) is 17.7 Å². The van der Waals surface area contributed by atoms with Gasteiger partial charge >= 0.3 is 0 Å². The minimum Gasteiger partial charge on any atom is -0.350 e. The summed E-state index contributed by atoms with van der Waals surface area (Å²) in [5.74, 6) is -1.66. The van der Waals surface area contributed by atoms with Gasteiger partial charge in [0.2, 0.25) is 0 Å². The summed E-state index contributed by atoms with van der Waals surface area (Å²) in [4.78, 5) is 0. The van der Waals surface area contributed by atoms with Crippen molar-refractivity contribution in [1.82, 2.24) is 4.57 Å². The fourth-order valence-corrected chi connectivity index (χ4v) is 1.34. The van der Waals surface area contributed by atoms with E-state index in [0.29, 0.717) is 5.56 Å². The minimum absolute atomic E-state index is 0.646. The molecule has 0 aliphatic heterocycles. The standard InChI is InChI=1S/C11H8F2N/c1-14-6-2-3-11(14)8-4-5-9(12)10(13)7-8/h3-7H,1H3. The van der Waals surface area contributed by atoms with Crippen molar-refractivity contribution in [3.63, 3.8) is 0 Å². The molecule has 0 saturated heterocycles. The van der Waals surface area contributed by atoms with Crippen molar-refractivity contribution in [2.75, 3.05) is 0 Å². The van der Waals surface area contributed by atoms with Gasteiger partial charge in [0.1, 0.15) is 0 Å². The van der Waals surface area contributed by atoms with E-state index in [0.717, 1.165) is 11.8 Å². The van der Waals surface area contributed by atoms with Crippen molar-refractivity contribution in [3.05, 3.63) is 48.2 Å². The van der Waals surface area contributed by atoms with E-state index >= 15 is 0 Å². The lowest BCUT2D eigenvalue weighted by molar-refractivity contribution is 0.509. The quantitative estimate of drug-likeness (QED) is 0.654. The third-order valence-corrected chi connectivity index (χ3v) is 2.08. The zero-order chi connectivity index (χ0) is 10.1. The van der Waals surface area contributed by atoms with Crippen molar-refractivity contribution in [1.29, 1.82) is 0 Å². The van der Waals surface area contributed by atoms with Crippen LogP contribution in [0.1, 0.15) is 0 Å². The minimum atomic E-state index is -0.830. The molecule has 1 aromatic carbocycles. The highest BCUT2D eigenvalue weighted by Crippen LogP contribution is 2.20. The molecule has 0 amide bonds. The summed E-state index contributed by atoms with van der Waals surface area (Å²) < 4.78 is 27.4. The molecular weight excluding hydrogens is 184 g/mol. The first-order chi connectivity index (χ1) is 6.68. The Morgan fingerprint density at radius 3 is 2.57 bits per heavy atom. The number of aromatic nitrogens is 1. The maximum atomic E-state index is 12.9. The average Bonchev–Trinajstić information content (AvgIpc) is 2.57. The lowest BCUT2D eigenvalue weighted by atomic mass is 10.1. The van der Waals surface area contributed by atoms with Gasteiger partial charge in [-0.1, -0.05) is 0 Å². The molecule has 1 heterocycles. The van der Waals surface area contributed by atoms with Gasteiger partial charge in [-0.15, -0.1) is 0 Å². The molecule has 0 atom stereocenters. The van der Waals surface area contributed by atoms with Gasteiger partial charge in [0.25, 0.3) is 0 Å². The molecule has 2 aromatic rings. The second-order valence-electron chi connectivity index (χ2n) is 3.07. The second kappa shape index (κ2) is 3.25. The third-order valence-electron chi connectivity index (χ3n) is 2.08. The fourth-order valence-electron chi connectivity index (χ4n) is 1.34. The van der Waals surface area contributed by atoms with Crippen LogP contribution in [0.5, 0.6) is 0 Å². The van der Waals surface area contributed by atoms with Crippen LogP contribution in [0.4, 0.5) is 8.78 Å². The molecular formula is C11H8F2N. The fraction of sp³-hybridized carbons (Fsp3) is 0.0909. The Labute approximate surface area is 80.6 Å². The number of aryl methyl sites for hydroxylation is 1. The summed E-state index contributed by atoms with van der Waals surface area (Å²) in [5, 5.41) is 0. The number of hydrogen-bond donors (Lipinski definition) is 0. The first kappa shape index (κ1) is 8.94. The molecule has 0 aliphatic rings. The SMILES string of the molecule is Cn1c[c]cc1-c1ccc(F)c(F)c1. The molecule has 0 fully saturated rings. The van der Waals surface area contributed by atoms with E-state index in [1.54, 1.807) is 22.9 Å². The Bertz CT molecular complexity index is 460. The normalized spacial score (nSPS) is 10.5. The van der Waals surface area contributed by atoms with E-state index in [2.05, 4.69) is 6.07 Å². The lowest BCUT2D eigenvalue weighted by Gasteiger charge is -2.03. The third kappa shape index (κ3) is 1.41. The van der Waals surface area contributed by atoms with Crippen LogP contribution in [0.15, 0.2) is 30.5 Å². The highest BCUT2D eigenvalue weighted by Gasteiger charge is 2.05. The molecule has 0 N–H and O–H groups in total. The number of halogens is 2. The summed E-state index contributed by atoms with van der Waals surface area (Å²) in [6.07, 6.45) is 1.73. The molecule has 1 nitrogen and oxygen atoms in total. The van der Waals surface area contributed by atoms with Crippen molar-refractivity contribution in [2.24, 2.45) is 7.05 Å². The van der Waals surface area contributed by atoms with Crippen LogP contribution in [0.3, 0.4) is 0 Å². The molecule has 14 heavy (non-hydrogen) atoms. The Balaban J connectivity index is 2.53. The molecule has 0 spiro atoms. The Hall–Kier alpha value is -1.64. The average molecular weight is 192 g/mol. The maximum Gasteiger partial charge on any atom is 0.159 e. The molecule has 1 aromatic heterocycles. The zero-order valence-electron chi connectivity index (χ0n) is 7.59. The highest BCUT2D eigenvalue weighted by atomic mass is 19.2. The predicted molar refractivity (Wildman–Crippen MR) is 49.6 cm³/mol. The molecule has 3 heteroatoms. The number of benzene rings is 1. The van der Waals surface area contributed by atoms with E-state index in [9.17, 15) is 8.78 Å². The van der Waals surface area contributed by atoms with Crippen LogP contribution in [-0.2, 0) is 7.05 Å². The first-order valence-corrected chi connectivity index (χ1v) is 4.16. The van der Waals surface area contributed by atoms with E-state index in [1.807, 2.05) is 7.05 Å². The van der Waals surface area contributed by atoms with Gasteiger partial charge < -0.3 is 4.57 Å². The summed E-state index contributed by atoms with van der Waals surface area (Å²) >= 11 is 0. The van der Waals surface area contributed by atoms with Crippen LogP contribution in [0.25, 0.3) is 11.3 Å². The summed E-state index contributed by atoms with van der Waals surface area (Å²) in [6.45, 7) is 0. The summed E-state index contributed by atoms with van der Waals surface area (Å²) in [5.41, 5.74) is 1.46.